The lowest BCUT2D eigenvalue weighted by atomic mass is 10.2. The molecule has 100 valence electrons. The van der Waals surface area contributed by atoms with Gasteiger partial charge in [-0.25, -0.2) is 5.43 Å². The summed E-state index contributed by atoms with van der Waals surface area (Å²) in [6.07, 6.45) is 2.44. The molecule has 1 aliphatic heterocycles. The number of nitrogens with zero attached hydrogens (tertiary/aromatic N) is 1. The van der Waals surface area contributed by atoms with E-state index in [0.29, 0.717) is 12.8 Å². The Balaban J connectivity index is 1.85. The minimum atomic E-state index is -0.472. The Labute approximate surface area is 110 Å². The smallest absolute Gasteiger partial charge is 0.262 e. The van der Waals surface area contributed by atoms with Gasteiger partial charge < -0.3 is 10.1 Å². The summed E-state index contributed by atoms with van der Waals surface area (Å²) in [7, 11) is 1.60. The Hall–Kier alpha value is -2.37. The van der Waals surface area contributed by atoms with Crippen molar-refractivity contribution in [2.24, 2.45) is 5.10 Å². The van der Waals surface area contributed by atoms with Crippen LogP contribution in [0.15, 0.2) is 29.4 Å². The molecule has 0 unspecified atom stereocenters. The average molecular weight is 261 g/mol. The van der Waals surface area contributed by atoms with Crippen LogP contribution in [0.4, 0.5) is 0 Å². The normalized spacial score (nSPS) is 18.4. The van der Waals surface area contributed by atoms with Crippen molar-refractivity contribution in [3.63, 3.8) is 0 Å². The molecule has 2 rings (SSSR count). The molecule has 1 aromatic carbocycles. The monoisotopic (exact) mass is 261 g/mol. The van der Waals surface area contributed by atoms with Crippen molar-refractivity contribution in [1.29, 1.82) is 0 Å². The van der Waals surface area contributed by atoms with Crippen molar-refractivity contribution in [1.82, 2.24) is 10.7 Å². The second-order valence-corrected chi connectivity index (χ2v) is 4.17. The summed E-state index contributed by atoms with van der Waals surface area (Å²) < 4.78 is 5.03. The lowest BCUT2D eigenvalue weighted by Crippen LogP contribution is -2.39. The van der Waals surface area contributed by atoms with Gasteiger partial charge in [0.25, 0.3) is 5.91 Å². The van der Waals surface area contributed by atoms with Crippen LogP contribution in [-0.4, -0.2) is 31.2 Å². The largest absolute Gasteiger partial charge is 0.497 e. The molecule has 2 amide bonds. The van der Waals surface area contributed by atoms with Gasteiger partial charge in [0.15, 0.2) is 0 Å². The minimum Gasteiger partial charge on any atom is -0.497 e. The van der Waals surface area contributed by atoms with E-state index >= 15 is 0 Å². The van der Waals surface area contributed by atoms with E-state index in [4.69, 9.17) is 4.74 Å². The molecule has 0 spiro atoms. The van der Waals surface area contributed by atoms with E-state index in [1.807, 2.05) is 12.1 Å². The highest BCUT2D eigenvalue weighted by atomic mass is 16.5. The SMILES string of the molecule is COc1ccc(/C=N/NC(=O)[C@@H]2CCC(=O)N2)cc1. The summed E-state index contributed by atoms with van der Waals surface area (Å²) >= 11 is 0. The third-order valence-corrected chi connectivity index (χ3v) is 2.82. The van der Waals surface area contributed by atoms with Crippen molar-refractivity contribution >= 4 is 18.0 Å². The van der Waals surface area contributed by atoms with Crippen LogP contribution in [0.25, 0.3) is 0 Å². The van der Waals surface area contributed by atoms with E-state index in [0.717, 1.165) is 11.3 Å². The molecule has 0 radical (unpaired) electrons. The number of hydrogen-bond donors (Lipinski definition) is 2. The molecule has 1 saturated heterocycles. The molecule has 6 heteroatoms. The van der Waals surface area contributed by atoms with Gasteiger partial charge in [0.2, 0.25) is 5.91 Å². The van der Waals surface area contributed by atoms with Gasteiger partial charge in [0, 0.05) is 6.42 Å². The maximum Gasteiger partial charge on any atom is 0.262 e. The molecule has 1 aromatic rings. The van der Waals surface area contributed by atoms with Gasteiger partial charge in [-0.1, -0.05) is 0 Å². The lowest BCUT2D eigenvalue weighted by molar-refractivity contribution is -0.125. The minimum absolute atomic E-state index is 0.0979. The first-order chi connectivity index (χ1) is 9.19. The number of nitrogens with one attached hydrogen (secondary N) is 2. The summed E-state index contributed by atoms with van der Waals surface area (Å²) in [6.45, 7) is 0. The summed E-state index contributed by atoms with van der Waals surface area (Å²) in [5, 5.41) is 6.43. The van der Waals surface area contributed by atoms with Gasteiger partial charge in [-0.05, 0) is 36.2 Å². The molecule has 0 aromatic heterocycles. The zero-order valence-electron chi connectivity index (χ0n) is 10.6. The molecule has 2 N–H and O–H groups in total. The Kier molecular flexibility index (Phi) is 4.12. The van der Waals surface area contributed by atoms with E-state index in [-0.39, 0.29) is 11.8 Å². The fraction of sp³-hybridized carbons (Fsp3) is 0.308. The molecule has 1 aliphatic rings. The number of amides is 2. The van der Waals surface area contributed by atoms with Crippen LogP contribution in [0.2, 0.25) is 0 Å². The average Bonchev–Trinajstić information content (AvgIpc) is 2.86. The highest BCUT2D eigenvalue weighted by Gasteiger charge is 2.26. The summed E-state index contributed by atoms with van der Waals surface area (Å²) in [5.41, 5.74) is 3.25. The van der Waals surface area contributed by atoms with Gasteiger partial charge in [-0.2, -0.15) is 5.10 Å². The van der Waals surface area contributed by atoms with E-state index in [1.54, 1.807) is 19.2 Å². The molecule has 6 nitrogen and oxygen atoms in total. The molecule has 1 fully saturated rings. The van der Waals surface area contributed by atoms with Gasteiger partial charge in [0.05, 0.1) is 13.3 Å². The second-order valence-electron chi connectivity index (χ2n) is 4.17. The van der Waals surface area contributed by atoms with Crippen LogP contribution < -0.4 is 15.5 Å². The van der Waals surface area contributed by atoms with Crippen LogP contribution in [0.3, 0.4) is 0 Å². The maximum absolute atomic E-state index is 11.6. The molecular weight excluding hydrogens is 246 g/mol. The van der Waals surface area contributed by atoms with Crippen LogP contribution in [0, 0.1) is 0 Å². The molecule has 1 heterocycles. The van der Waals surface area contributed by atoms with Crippen molar-refractivity contribution in [3.8, 4) is 5.75 Å². The van der Waals surface area contributed by atoms with E-state index in [1.165, 1.54) is 6.21 Å². The van der Waals surface area contributed by atoms with Gasteiger partial charge in [-0.3, -0.25) is 9.59 Å². The molecule has 19 heavy (non-hydrogen) atoms. The Morgan fingerprint density at radius 1 is 1.47 bits per heavy atom. The standard InChI is InChI=1S/C13H15N3O3/c1-19-10-4-2-9(3-5-10)8-14-16-13(18)11-6-7-12(17)15-11/h2-5,8,11H,6-7H2,1H3,(H,15,17)(H,16,18)/b14-8+/t11-/m0/s1. The number of carbonyl (C=O) groups is 2. The fourth-order valence-electron chi connectivity index (χ4n) is 1.75. The van der Waals surface area contributed by atoms with E-state index in [9.17, 15) is 9.59 Å². The highest BCUT2D eigenvalue weighted by Crippen LogP contribution is 2.09. The van der Waals surface area contributed by atoms with E-state index < -0.39 is 6.04 Å². The zero-order valence-corrected chi connectivity index (χ0v) is 10.6. The first-order valence-electron chi connectivity index (χ1n) is 5.95. The number of carbonyl (C=O) groups excluding carboxylic acids is 2. The first-order valence-corrected chi connectivity index (χ1v) is 5.95. The molecule has 0 bridgehead atoms. The first kappa shape index (κ1) is 13.1. The Morgan fingerprint density at radius 3 is 2.79 bits per heavy atom. The van der Waals surface area contributed by atoms with Crippen molar-refractivity contribution in [3.05, 3.63) is 29.8 Å². The number of benzene rings is 1. The molecule has 0 aliphatic carbocycles. The third-order valence-electron chi connectivity index (χ3n) is 2.82. The second kappa shape index (κ2) is 5.99. The van der Waals surface area contributed by atoms with Gasteiger partial charge in [0.1, 0.15) is 11.8 Å². The predicted octanol–water partition coefficient (Wildman–Crippen LogP) is 0.424. The number of hydrogen-bond acceptors (Lipinski definition) is 4. The van der Waals surface area contributed by atoms with Crippen LogP contribution in [-0.2, 0) is 9.59 Å². The van der Waals surface area contributed by atoms with Crippen LogP contribution in [0.1, 0.15) is 18.4 Å². The summed E-state index contributed by atoms with van der Waals surface area (Å²) in [6, 6.07) is 6.79. The quantitative estimate of drug-likeness (QED) is 0.609. The van der Waals surface area contributed by atoms with Crippen LogP contribution in [0.5, 0.6) is 5.75 Å². The topological polar surface area (TPSA) is 79.8 Å². The van der Waals surface area contributed by atoms with Gasteiger partial charge >= 0.3 is 0 Å². The lowest BCUT2D eigenvalue weighted by Gasteiger charge is -2.06. The molecular formula is C13H15N3O3. The third kappa shape index (κ3) is 3.54. The zero-order chi connectivity index (χ0) is 13.7. The van der Waals surface area contributed by atoms with Crippen molar-refractivity contribution in [2.45, 2.75) is 18.9 Å². The fourth-order valence-corrected chi connectivity index (χ4v) is 1.75. The number of rotatable bonds is 4. The molecule has 0 saturated carbocycles. The highest BCUT2D eigenvalue weighted by molar-refractivity contribution is 5.91. The van der Waals surface area contributed by atoms with Crippen molar-refractivity contribution < 1.29 is 14.3 Å². The summed E-state index contributed by atoms with van der Waals surface area (Å²) in [5.74, 6) is 0.366. The van der Waals surface area contributed by atoms with Gasteiger partial charge in [-0.15, -0.1) is 0 Å². The number of ether oxygens (including phenoxy) is 1. The number of hydrazone groups is 1. The Morgan fingerprint density at radius 2 is 2.21 bits per heavy atom. The number of methoxy groups -OCH3 is 1. The van der Waals surface area contributed by atoms with Crippen LogP contribution >= 0.6 is 0 Å². The van der Waals surface area contributed by atoms with E-state index in [2.05, 4.69) is 15.8 Å². The van der Waals surface area contributed by atoms with Crippen molar-refractivity contribution in [2.75, 3.05) is 7.11 Å². The Bertz CT molecular complexity index is 496. The predicted molar refractivity (Wildman–Crippen MR) is 69.9 cm³/mol. The maximum atomic E-state index is 11.6. The summed E-state index contributed by atoms with van der Waals surface area (Å²) in [4.78, 5) is 22.6. The molecule has 1 atom stereocenters.